The first-order chi connectivity index (χ1) is 10.1. The van der Waals surface area contributed by atoms with Gasteiger partial charge in [0, 0.05) is 0 Å². The summed E-state index contributed by atoms with van der Waals surface area (Å²) in [6.45, 7) is 2.05. The summed E-state index contributed by atoms with van der Waals surface area (Å²) in [6, 6.07) is 0. The van der Waals surface area contributed by atoms with Gasteiger partial charge in [0.15, 0.2) is 0 Å². The fraction of sp³-hybridized carbons (Fsp3) is 0.882. The van der Waals surface area contributed by atoms with Crippen LogP contribution in [0.25, 0.3) is 0 Å². The Morgan fingerprint density at radius 3 is 2.10 bits per heavy atom. The van der Waals surface area contributed by atoms with Gasteiger partial charge in [-0.1, -0.05) is 45.4 Å². The summed E-state index contributed by atoms with van der Waals surface area (Å²) in [4.78, 5) is 23.9. The molecule has 1 saturated carbocycles. The standard InChI is InChI=1S/C17H30O4/c1-4-8-14(16(18)20-2)12-15(17(19)21-3)11-13-9-6-5-7-10-13/h13-15H,4-12H2,1-3H3/t14-,15-/m0/s1. The van der Waals surface area contributed by atoms with Crippen molar-refractivity contribution in [3.8, 4) is 0 Å². The van der Waals surface area contributed by atoms with Gasteiger partial charge in [-0.3, -0.25) is 9.59 Å². The van der Waals surface area contributed by atoms with Crippen molar-refractivity contribution < 1.29 is 19.1 Å². The first-order valence-corrected chi connectivity index (χ1v) is 8.28. The fourth-order valence-electron chi connectivity index (χ4n) is 3.47. The van der Waals surface area contributed by atoms with Crippen molar-refractivity contribution in [3.05, 3.63) is 0 Å². The van der Waals surface area contributed by atoms with Crippen LogP contribution in [0.4, 0.5) is 0 Å². The maximum atomic E-state index is 12.1. The second kappa shape index (κ2) is 9.80. The molecule has 0 heterocycles. The van der Waals surface area contributed by atoms with E-state index >= 15 is 0 Å². The minimum atomic E-state index is -0.200. The summed E-state index contributed by atoms with van der Waals surface area (Å²) >= 11 is 0. The van der Waals surface area contributed by atoms with Crippen molar-refractivity contribution in [1.29, 1.82) is 0 Å². The van der Waals surface area contributed by atoms with E-state index in [2.05, 4.69) is 0 Å². The summed E-state index contributed by atoms with van der Waals surface area (Å²) < 4.78 is 9.83. The number of ether oxygens (including phenoxy) is 2. The molecule has 0 radical (unpaired) electrons. The van der Waals surface area contributed by atoms with Crippen molar-refractivity contribution in [3.63, 3.8) is 0 Å². The number of carbonyl (C=O) groups is 2. The maximum Gasteiger partial charge on any atom is 0.308 e. The van der Waals surface area contributed by atoms with Gasteiger partial charge < -0.3 is 9.47 Å². The average molecular weight is 298 g/mol. The quantitative estimate of drug-likeness (QED) is 0.641. The van der Waals surface area contributed by atoms with Crippen molar-refractivity contribution in [2.45, 2.75) is 64.7 Å². The predicted molar refractivity (Wildman–Crippen MR) is 81.7 cm³/mol. The molecule has 0 spiro atoms. The number of methoxy groups -OCH3 is 2. The number of rotatable bonds is 8. The van der Waals surface area contributed by atoms with E-state index in [9.17, 15) is 9.59 Å². The Labute approximate surface area is 128 Å². The summed E-state index contributed by atoms with van der Waals surface area (Å²) in [5.41, 5.74) is 0. The van der Waals surface area contributed by atoms with Gasteiger partial charge >= 0.3 is 11.9 Å². The highest BCUT2D eigenvalue weighted by Gasteiger charge is 2.30. The zero-order valence-electron chi connectivity index (χ0n) is 13.7. The molecular formula is C17H30O4. The molecule has 1 rings (SSSR count). The molecule has 21 heavy (non-hydrogen) atoms. The Morgan fingerprint density at radius 1 is 1.00 bits per heavy atom. The van der Waals surface area contributed by atoms with E-state index in [1.807, 2.05) is 6.92 Å². The van der Waals surface area contributed by atoms with Crippen LogP contribution in [-0.4, -0.2) is 26.2 Å². The monoisotopic (exact) mass is 298 g/mol. The molecule has 0 saturated heterocycles. The molecule has 0 aliphatic heterocycles. The maximum absolute atomic E-state index is 12.1. The van der Waals surface area contributed by atoms with Crippen molar-refractivity contribution in [1.82, 2.24) is 0 Å². The first-order valence-electron chi connectivity index (χ1n) is 8.28. The molecule has 4 heteroatoms. The Balaban J connectivity index is 2.66. The molecule has 0 unspecified atom stereocenters. The van der Waals surface area contributed by atoms with Gasteiger partial charge in [-0.25, -0.2) is 0 Å². The number of hydrogen-bond acceptors (Lipinski definition) is 4. The predicted octanol–water partition coefficient (Wildman–Crippen LogP) is 3.73. The van der Waals surface area contributed by atoms with Gasteiger partial charge in [-0.15, -0.1) is 0 Å². The lowest BCUT2D eigenvalue weighted by molar-refractivity contribution is -0.150. The summed E-state index contributed by atoms with van der Waals surface area (Å²) in [7, 11) is 2.85. The molecule has 1 aliphatic rings. The third-order valence-electron chi connectivity index (χ3n) is 4.62. The van der Waals surface area contributed by atoms with E-state index in [0.717, 1.165) is 19.3 Å². The molecule has 2 atom stereocenters. The zero-order chi connectivity index (χ0) is 15.7. The molecule has 0 amide bonds. The Hall–Kier alpha value is -1.06. The van der Waals surface area contributed by atoms with E-state index in [4.69, 9.17) is 9.47 Å². The van der Waals surface area contributed by atoms with Crippen LogP contribution in [0.1, 0.15) is 64.7 Å². The molecule has 4 nitrogen and oxygen atoms in total. The third-order valence-corrected chi connectivity index (χ3v) is 4.62. The highest BCUT2D eigenvalue weighted by molar-refractivity contribution is 5.75. The van der Waals surface area contributed by atoms with Crippen LogP contribution < -0.4 is 0 Å². The molecule has 0 bridgehead atoms. The molecule has 0 N–H and O–H groups in total. The second-order valence-electron chi connectivity index (χ2n) is 6.20. The van der Waals surface area contributed by atoms with Gasteiger partial charge in [0.2, 0.25) is 0 Å². The van der Waals surface area contributed by atoms with Crippen LogP contribution in [0.2, 0.25) is 0 Å². The van der Waals surface area contributed by atoms with Gasteiger partial charge in [0.05, 0.1) is 26.1 Å². The highest BCUT2D eigenvalue weighted by atomic mass is 16.5. The van der Waals surface area contributed by atoms with Crippen LogP contribution in [-0.2, 0) is 19.1 Å². The van der Waals surface area contributed by atoms with Crippen LogP contribution in [0.3, 0.4) is 0 Å². The van der Waals surface area contributed by atoms with Gasteiger partial charge in [0.25, 0.3) is 0 Å². The third kappa shape index (κ3) is 6.06. The molecular weight excluding hydrogens is 268 g/mol. The molecule has 0 aromatic heterocycles. The minimum Gasteiger partial charge on any atom is -0.469 e. The Bertz CT molecular complexity index is 321. The molecule has 1 fully saturated rings. The molecule has 1 aliphatic carbocycles. The Kier molecular flexibility index (Phi) is 8.40. The summed E-state index contributed by atoms with van der Waals surface area (Å²) in [5.74, 6) is -0.135. The van der Waals surface area contributed by atoms with Crippen LogP contribution in [0, 0.1) is 17.8 Å². The van der Waals surface area contributed by atoms with Gasteiger partial charge in [0.1, 0.15) is 0 Å². The smallest absolute Gasteiger partial charge is 0.308 e. The van der Waals surface area contributed by atoms with E-state index in [1.165, 1.54) is 46.3 Å². The van der Waals surface area contributed by atoms with E-state index in [-0.39, 0.29) is 23.8 Å². The van der Waals surface area contributed by atoms with Crippen molar-refractivity contribution >= 4 is 11.9 Å². The highest BCUT2D eigenvalue weighted by Crippen LogP contribution is 2.32. The van der Waals surface area contributed by atoms with Crippen LogP contribution in [0.5, 0.6) is 0 Å². The lowest BCUT2D eigenvalue weighted by Gasteiger charge is -2.27. The van der Waals surface area contributed by atoms with Crippen molar-refractivity contribution in [2.24, 2.45) is 17.8 Å². The van der Waals surface area contributed by atoms with Crippen LogP contribution >= 0.6 is 0 Å². The average Bonchev–Trinajstić information content (AvgIpc) is 2.53. The topological polar surface area (TPSA) is 52.6 Å². The van der Waals surface area contributed by atoms with E-state index < -0.39 is 0 Å². The summed E-state index contributed by atoms with van der Waals surface area (Å²) in [6.07, 6.45) is 9.31. The number of esters is 2. The number of hydrogen-bond donors (Lipinski definition) is 0. The molecule has 0 aromatic carbocycles. The lowest BCUT2D eigenvalue weighted by atomic mass is 9.79. The Morgan fingerprint density at radius 2 is 1.57 bits per heavy atom. The normalized spacial score (nSPS) is 18.8. The first kappa shape index (κ1) is 18.0. The molecule has 0 aromatic rings. The summed E-state index contributed by atoms with van der Waals surface area (Å²) in [5, 5.41) is 0. The zero-order valence-corrected chi connectivity index (χ0v) is 13.7. The second-order valence-corrected chi connectivity index (χ2v) is 6.20. The largest absolute Gasteiger partial charge is 0.469 e. The fourth-order valence-corrected chi connectivity index (χ4v) is 3.47. The SMILES string of the molecule is CCC[C@@H](C[C@H](CC1CCCCC1)C(=O)OC)C(=O)OC. The van der Waals surface area contributed by atoms with E-state index in [0.29, 0.717) is 12.3 Å². The van der Waals surface area contributed by atoms with E-state index in [1.54, 1.807) is 0 Å². The minimum absolute atomic E-state index is 0.172. The van der Waals surface area contributed by atoms with Gasteiger partial charge in [-0.05, 0) is 25.2 Å². The van der Waals surface area contributed by atoms with Crippen LogP contribution in [0.15, 0.2) is 0 Å². The van der Waals surface area contributed by atoms with Gasteiger partial charge in [-0.2, -0.15) is 0 Å². The molecule has 122 valence electrons. The lowest BCUT2D eigenvalue weighted by Crippen LogP contribution is -2.27. The van der Waals surface area contributed by atoms with Crippen molar-refractivity contribution in [2.75, 3.05) is 14.2 Å². The number of carbonyl (C=O) groups excluding carboxylic acids is 2.